The van der Waals surface area contributed by atoms with Crippen LogP contribution in [0, 0.1) is 20.8 Å². The quantitative estimate of drug-likeness (QED) is 0.688. The van der Waals surface area contributed by atoms with Crippen LogP contribution in [0.2, 0.25) is 0 Å². The van der Waals surface area contributed by atoms with E-state index in [-0.39, 0.29) is 5.91 Å². The molecule has 0 bridgehead atoms. The molecule has 0 aliphatic heterocycles. The van der Waals surface area contributed by atoms with Crippen LogP contribution in [0.4, 0.5) is 0 Å². The zero-order chi connectivity index (χ0) is 16.6. The summed E-state index contributed by atoms with van der Waals surface area (Å²) in [6, 6.07) is 11.9. The molecule has 3 rings (SSSR count). The highest BCUT2D eigenvalue weighted by Gasteiger charge is 2.09. The average Bonchev–Trinajstić information content (AvgIpc) is 2.84. The first-order chi connectivity index (χ1) is 11.0. The minimum absolute atomic E-state index is 0.188. The number of rotatable bonds is 2. The number of nitrogens with zero attached hydrogens (tertiary/aromatic N) is 2. The summed E-state index contributed by atoms with van der Waals surface area (Å²) in [5.41, 5.74) is 5.43. The molecule has 4 heteroatoms. The smallest absolute Gasteiger partial charge is 0.279 e. The van der Waals surface area contributed by atoms with Gasteiger partial charge in [-0.15, -0.1) is 0 Å². The summed E-state index contributed by atoms with van der Waals surface area (Å²) < 4.78 is 3.28. The Hall–Kier alpha value is -2.20. The first-order valence-corrected chi connectivity index (χ1v) is 8.57. The molecular weight excluding hydrogens is 304 g/mol. The van der Waals surface area contributed by atoms with Gasteiger partial charge in [0.15, 0.2) is 4.80 Å². The van der Waals surface area contributed by atoms with E-state index in [1.165, 1.54) is 15.8 Å². The van der Waals surface area contributed by atoms with Crippen LogP contribution < -0.4 is 4.80 Å². The fourth-order valence-electron chi connectivity index (χ4n) is 2.56. The van der Waals surface area contributed by atoms with Crippen LogP contribution in [0.3, 0.4) is 0 Å². The Morgan fingerprint density at radius 3 is 2.39 bits per heavy atom. The number of hydrogen-bond acceptors (Lipinski definition) is 2. The number of amides is 1. The maximum atomic E-state index is 12.4. The SMILES string of the molecule is CCn1c(=NC(=O)c2ccc(C)cc2)sc2cc(C)c(C)cc21. The van der Waals surface area contributed by atoms with Gasteiger partial charge in [-0.1, -0.05) is 29.0 Å². The Kier molecular flexibility index (Phi) is 4.18. The first kappa shape index (κ1) is 15.7. The Morgan fingerprint density at radius 1 is 1.09 bits per heavy atom. The van der Waals surface area contributed by atoms with E-state index in [1.54, 1.807) is 11.3 Å². The second-order valence-electron chi connectivity index (χ2n) is 5.82. The standard InChI is InChI=1S/C19H20N2OS/c1-5-21-16-10-13(3)14(4)11-17(16)23-19(21)20-18(22)15-8-6-12(2)7-9-15/h6-11H,5H2,1-4H3. The van der Waals surface area contributed by atoms with E-state index in [9.17, 15) is 4.79 Å². The van der Waals surface area contributed by atoms with E-state index in [0.29, 0.717) is 5.56 Å². The van der Waals surface area contributed by atoms with Gasteiger partial charge in [0.25, 0.3) is 5.91 Å². The molecule has 0 aliphatic rings. The topological polar surface area (TPSA) is 34.4 Å². The minimum atomic E-state index is -0.188. The van der Waals surface area contributed by atoms with Gasteiger partial charge in [0, 0.05) is 12.1 Å². The summed E-state index contributed by atoms with van der Waals surface area (Å²) >= 11 is 1.57. The van der Waals surface area contributed by atoms with Gasteiger partial charge in [-0.05, 0) is 63.1 Å². The number of hydrogen-bond donors (Lipinski definition) is 0. The number of aromatic nitrogens is 1. The van der Waals surface area contributed by atoms with Gasteiger partial charge in [0.2, 0.25) is 0 Å². The van der Waals surface area contributed by atoms with Gasteiger partial charge in [0.05, 0.1) is 10.2 Å². The molecule has 3 aromatic rings. The third-order valence-corrected chi connectivity index (χ3v) is 5.15. The molecule has 0 saturated heterocycles. The molecule has 1 aromatic heterocycles. The van der Waals surface area contributed by atoms with Crippen molar-refractivity contribution in [2.45, 2.75) is 34.2 Å². The Labute approximate surface area is 139 Å². The van der Waals surface area contributed by atoms with E-state index >= 15 is 0 Å². The third kappa shape index (κ3) is 2.99. The molecule has 1 amide bonds. The van der Waals surface area contributed by atoms with Crippen molar-refractivity contribution in [3.8, 4) is 0 Å². The predicted molar refractivity (Wildman–Crippen MR) is 96.0 cm³/mol. The van der Waals surface area contributed by atoms with Gasteiger partial charge >= 0.3 is 0 Å². The lowest BCUT2D eigenvalue weighted by Crippen LogP contribution is -2.15. The Balaban J connectivity index is 2.14. The molecule has 0 fully saturated rings. The molecule has 118 valence electrons. The molecule has 1 heterocycles. The van der Waals surface area contributed by atoms with E-state index < -0.39 is 0 Å². The van der Waals surface area contributed by atoms with Crippen LogP contribution in [-0.2, 0) is 6.54 Å². The number of carbonyl (C=O) groups excluding carboxylic acids is 1. The zero-order valence-electron chi connectivity index (χ0n) is 13.9. The van der Waals surface area contributed by atoms with Crippen molar-refractivity contribution in [3.05, 3.63) is 63.5 Å². The summed E-state index contributed by atoms with van der Waals surface area (Å²) in [4.78, 5) is 17.6. The van der Waals surface area contributed by atoms with Crippen LogP contribution in [-0.4, -0.2) is 10.5 Å². The van der Waals surface area contributed by atoms with Crippen LogP contribution >= 0.6 is 11.3 Å². The monoisotopic (exact) mass is 324 g/mol. The molecular formula is C19H20N2OS. The van der Waals surface area contributed by atoms with Crippen molar-refractivity contribution in [1.29, 1.82) is 0 Å². The number of thiazole rings is 1. The highest BCUT2D eigenvalue weighted by atomic mass is 32.1. The highest BCUT2D eigenvalue weighted by molar-refractivity contribution is 7.16. The summed E-state index contributed by atoms with van der Waals surface area (Å²) in [5, 5.41) is 0. The second kappa shape index (κ2) is 6.13. The van der Waals surface area contributed by atoms with Crippen LogP contribution in [0.1, 0.15) is 34.0 Å². The molecule has 0 spiro atoms. The van der Waals surface area contributed by atoms with Gasteiger partial charge in [-0.3, -0.25) is 4.79 Å². The van der Waals surface area contributed by atoms with Gasteiger partial charge in [-0.2, -0.15) is 4.99 Å². The summed E-state index contributed by atoms with van der Waals surface area (Å²) in [6.45, 7) is 9.10. The van der Waals surface area contributed by atoms with Crippen molar-refractivity contribution in [3.63, 3.8) is 0 Å². The number of carbonyl (C=O) groups is 1. The normalized spacial score (nSPS) is 12.1. The van der Waals surface area contributed by atoms with Crippen molar-refractivity contribution < 1.29 is 4.79 Å². The fraction of sp³-hybridized carbons (Fsp3) is 0.263. The second-order valence-corrected chi connectivity index (χ2v) is 6.83. The van der Waals surface area contributed by atoms with Gasteiger partial charge in [0.1, 0.15) is 0 Å². The van der Waals surface area contributed by atoms with Crippen LogP contribution in [0.15, 0.2) is 41.4 Å². The minimum Gasteiger partial charge on any atom is -0.317 e. The largest absolute Gasteiger partial charge is 0.317 e. The van der Waals surface area contributed by atoms with Crippen LogP contribution in [0.25, 0.3) is 10.2 Å². The molecule has 3 nitrogen and oxygen atoms in total. The lowest BCUT2D eigenvalue weighted by atomic mass is 10.1. The van der Waals surface area contributed by atoms with E-state index in [2.05, 4.69) is 42.5 Å². The van der Waals surface area contributed by atoms with Crippen molar-refractivity contribution in [2.75, 3.05) is 0 Å². The highest BCUT2D eigenvalue weighted by Crippen LogP contribution is 2.22. The Bertz CT molecular complexity index is 946. The van der Waals surface area contributed by atoms with E-state index in [1.807, 2.05) is 31.2 Å². The lowest BCUT2D eigenvalue weighted by molar-refractivity contribution is 0.0998. The maximum Gasteiger partial charge on any atom is 0.279 e. The summed E-state index contributed by atoms with van der Waals surface area (Å²) in [7, 11) is 0. The molecule has 0 atom stereocenters. The average molecular weight is 324 g/mol. The van der Waals surface area contributed by atoms with E-state index in [0.717, 1.165) is 22.4 Å². The van der Waals surface area contributed by atoms with Gasteiger partial charge < -0.3 is 4.57 Å². The van der Waals surface area contributed by atoms with Crippen molar-refractivity contribution in [1.82, 2.24) is 4.57 Å². The summed E-state index contributed by atoms with van der Waals surface area (Å²) in [6.07, 6.45) is 0. The Morgan fingerprint density at radius 2 is 1.74 bits per heavy atom. The number of benzene rings is 2. The molecule has 0 saturated carbocycles. The number of aryl methyl sites for hydroxylation is 4. The number of fused-ring (bicyclic) bond motifs is 1. The molecule has 0 unspecified atom stereocenters. The zero-order valence-corrected chi connectivity index (χ0v) is 14.7. The third-order valence-electron chi connectivity index (χ3n) is 4.11. The maximum absolute atomic E-state index is 12.4. The molecule has 0 radical (unpaired) electrons. The van der Waals surface area contributed by atoms with Crippen molar-refractivity contribution in [2.24, 2.45) is 4.99 Å². The van der Waals surface area contributed by atoms with Gasteiger partial charge in [-0.25, -0.2) is 0 Å². The molecule has 0 aliphatic carbocycles. The molecule has 2 aromatic carbocycles. The van der Waals surface area contributed by atoms with Crippen LogP contribution in [0.5, 0.6) is 0 Å². The molecule has 23 heavy (non-hydrogen) atoms. The lowest BCUT2D eigenvalue weighted by Gasteiger charge is -2.03. The first-order valence-electron chi connectivity index (χ1n) is 7.76. The predicted octanol–water partition coefficient (Wildman–Crippen LogP) is 4.39. The van der Waals surface area contributed by atoms with Crippen molar-refractivity contribution >= 4 is 27.5 Å². The molecule has 0 N–H and O–H groups in total. The summed E-state index contributed by atoms with van der Waals surface area (Å²) in [5.74, 6) is -0.188. The fourth-order valence-corrected chi connectivity index (χ4v) is 3.73. The van der Waals surface area contributed by atoms with E-state index in [4.69, 9.17) is 0 Å².